The molecule has 0 bridgehead atoms. The molecule has 0 atom stereocenters. The molecule has 0 aliphatic carbocycles. The van der Waals surface area contributed by atoms with Crippen molar-refractivity contribution >= 4 is 8.32 Å². The predicted octanol–water partition coefficient (Wildman–Crippen LogP) is 10.0. The smallest absolute Gasteiger partial charge is 0.342 e. The molecule has 0 aliphatic heterocycles. The fraction of sp³-hybridized carbons (Fsp3) is 0.833. The lowest BCUT2D eigenvalue weighted by molar-refractivity contribution is 0.420. The van der Waals surface area contributed by atoms with Gasteiger partial charge < -0.3 is 8.84 Å². The molecule has 1 heterocycles. The van der Waals surface area contributed by atoms with Crippen LogP contribution in [0.2, 0.25) is 18.1 Å². The molecular weight excluding hydrogens is 436 g/mol. The third kappa shape index (κ3) is 12.1. The molecule has 0 radical (unpaired) electrons. The van der Waals surface area contributed by atoms with E-state index in [0.717, 1.165) is 24.4 Å². The number of aryl methyl sites for hydroxylation is 1. The summed E-state index contributed by atoms with van der Waals surface area (Å²) in [6, 6.07) is 2.00. The standard InChI is InChI=1S/C30H56O3Si/c1-8-10-11-12-13-14-15-16-17-18-19-20-21-22-23-24-26-25-28(27(9-2)29(31)32-26)33-34(6,7)30(3,4)5/h25H,8-24H2,1-7H3. The fourth-order valence-electron chi connectivity index (χ4n) is 4.18. The Morgan fingerprint density at radius 3 is 1.62 bits per heavy atom. The summed E-state index contributed by atoms with van der Waals surface area (Å²) in [7, 11) is -1.99. The number of hydrogen-bond acceptors (Lipinski definition) is 3. The Bertz CT molecular complexity index is 715. The second kappa shape index (κ2) is 16.6. The van der Waals surface area contributed by atoms with Crippen molar-refractivity contribution in [2.24, 2.45) is 0 Å². The van der Waals surface area contributed by atoms with Crippen molar-refractivity contribution in [3.05, 3.63) is 27.8 Å². The molecule has 0 unspecified atom stereocenters. The quantitative estimate of drug-likeness (QED) is 0.142. The highest BCUT2D eigenvalue weighted by molar-refractivity contribution is 6.74. The van der Waals surface area contributed by atoms with Crippen LogP contribution in [0.4, 0.5) is 0 Å². The first kappa shape index (κ1) is 31.0. The molecule has 0 N–H and O–H groups in total. The van der Waals surface area contributed by atoms with E-state index in [1.165, 1.54) is 89.9 Å². The molecule has 0 aliphatic rings. The van der Waals surface area contributed by atoms with Gasteiger partial charge in [-0.1, -0.05) is 125 Å². The van der Waals surface area contributed by atoms with Crippen LogP contribution in [0, 0.1) is 0 Å². The lowest BCUT2D eigenvalue weighted by atomic mass is 10.0. The SMILES string of the molecule is CCCCCCCCCCCCCCCCCc1cc(O[Si](C)(C)C(C)(C)C)c(CC)c(=O)o1. The Kier molecular flexibility index (Phi) is 15.1. The van der Waals surface area contributed by atoms with Gasteiger partial charge in [-0.2, -0.15) is 0 Å². The van der Waals surface area contributed by atoms with Gasteiger partial charge in [0.05, 0.1) is 5.56 Å². The van der Waals surface area contributed by atoms with E-state index in [1.807, 2.05) is 13.0 Å². The first-order valence-electron chi connectivity index (χ1n) is 14.5. The van der Waals surface area contributed by atoms with Crippen molar-refractivity contribution in [3.63, 3.8) is 0 Å². The summed E-state index contributed by atoms with van der Waals surface area (Å²) in [5.74, 6) is 1.55. The summed E-state index contributed by atoms with van der Waals surface area (Å²) in [4.78, 5) is 12.6. The van der Waals surface area contributed by atoms with Crippen LogP contribution in [0.3, 0.4) is 0 Å². The molecule has 0 fully saturated rings. The fourth-order valence-corrected chi connectivity index (χ4v) is 5.21. The van der Waals surface area contributed by atoms with Crippen molar-refractivity contribution in [2.75, 3.05) is 0 Å². The largest absolute Gasteiger partial charge is 0.543 e. The van der Waals surface area contributed by atoms with Crippen LogP contribution in [0.5, 0.6) is 5.75 Å². The summed E-state index contributed by atoms with van der Waals surface area (Å²) in [6.45, 7) is 15.4. The van der Waals surface area contributed by atoms with Gasteiger partial charge >= 0.3 is 5.63 Å². The predicted molar refractivity (Wildman–Crippen MR) is 151 cm³/mol. The maximum Gasteiger partial charge on any atom is 0.342 e. The topological polar surface area (TPSA) is 39.4 Å². The van der Waals surface area contributed by atoms with Gasteiger partial charge in [-0.05, 0) is 31.0 Å². The number of unbranched alkanes of at least 4 members (excludes halogenated alkanes) is 14. The minimum Gasteiger partial charge on any atom is -0.543 e. The summed E-state index contributed by atoms with van der Waals surface area (Å²) >= 11 is 0. The van der Waals surface area contributed by atoms with Crippen molar-refractivity contribution < 1.29 is 8.84 Å². The maximum atomic E-state index is 12.6. The third-order valence-electron chi connectivity index (χ3n) is 7.61. The first-order valence-corrected chi connectivity index (χ1v) is 17.4. The average Bonchev–Trinajstić information content (AvgIpc) is 2.75. The highest BCUT2D eigenvalue weighted by atomic mass is 28.4. The van der Waals surface area contributed by atoms with Crippen LogP contribution in [-0.4, -0.2) is 8.32 Å². The van der Waals surface area contributed by atoms with Gasteiger partial charge in [0.25, 0.3) is 0 Å². The minimum atomic E-state index is -1.99. The molecule has 34 heavy (non-hydrogen) atoms. The lowest BCUT2D eigenvalue weighted by Crippen LogP contribution is -2.44. The second-order valence-electron chi connectivity index (χ2n) is 11.8. The molecule has 1 aromatic rings. The van der Waals surface area contributed by atoms with Crippen LogP contribution < -0.4 is 10.1 Å². The highest BCUT2D eigenvalue weighted by Crippen LogP contribution is 2.38. The van der Waals surface area contributed by atoms with Gasteiger partial charge in [-0.25, -0.2) is 4.79 Å². The third-order valence-corrected chi connectivity index (χ3v) is 12.0. The van der Waals surface area contributed by atoms with E-state index < -0.39 is 8.32 Å². The van der Waals surface area contributed by atoms with Crippen LogP contribution >= 0.6 is 0 Å². The molecule has 4 heteroatoms. The molecule has 0 saturated heterocycles. The van der Waals surface area contributed by atoms with E-state index >= 15 is 0 Å². The van der Waals surface area contributed by atoms with Crippen LogP contribution in [0.15, 0.2) is 15.3 Å². The molecule has 198 valence electrons. The van der Waals surface area contributed by atoms with Crippen molar-refractivity contribution in [1.29, 1.82) is 0 Å². The van der Waals surface area contributed by atoms with Crippen molar-refractivity contribution in [1.82, 2.24) is 0 Å². The van der Waals surface area contributed by atoms with Crippen molar-refractivity contribution in [3.8, 4) is 5.75 Å². The number of rotatable bonds is 19. The molecule has 0 saturated carbocycles. The molecule has 3 nitrogen and oxygen atoms in total. The monoisotopic (exact) mass is 492 g/mol. The first-order chi connectivity index (χ1) is 16.1. The minimum absolute atomic E-state index is 0.0997. The van der Waals surface area contributed by atoms with Gasteiger partial charge in [0.15, 0.2) is 0 Å². The van der Waals surface area contributed by atoms with E-state index in [4.69, 9.17) is 8.84 Å². The maximum absolute atomic E-state index is 12.6. The van der Waals surface area contributed by atoms with Gasteiger partial charge in [0, 0.05) is 12.5 Å². The summed E-state index contributed by atoms with van der Waals surface area (Å²) in [5, 5.41) is 0.0997. The Hall–Kier alpha value is -1.03. The molecular formula is C30H56O3Si. The Balaban J connectivity index is 2.27. The van der Waals surface area contributed by atoms with E-state index in [-0.39, 0.29) is 10.7 Å². The lowest BCUT2D eigenvalue weighted by Gasteiger charge is -2.36. The Morgan fingerprint density at radius 1 is 0.765 bits per heavy atom. The van der Waals surface area contributed by atoms with E-state index in [9.17, 15) is 4.79 Å². The van der Waals surface area contributed by atoms with Crippen LogP contribution in [-0.2, 0) is 12.8 Å². The zero-order valence-electron chi connectivity index (χ0n) is 23.8. The van der Waals surface area contributed by atoms with Gasteiger partial charge in [0.2, 0.25) is 8.32 Å². The van der Waals surface area contributed by atoms with Crippen LogP contribution in [0.1, 0.15) is 142 Å². The molecule has 0 aromatic carbocycles. The van der Waals surface area contributed by atoms with Crippen LogP contribution in [0.25, 0.3) is 0 Å². The Morgan fingerprint density at radius 2 is 1.21 bits per heavy atom. The van der Waals surface area contributed by atoms with E-state index in [2.05, 4.69) is 40.8 Å². The molecule has 0 amide bonds. The average molecular weight is 493 g/mol. The highest BCUT2D eigenvalue weighted by Gasteiger charge is 2.39. The van der Waals surface area contributed by atoms with Gasteiger partial charge in [-0.15, -0.1) is 0 Å². The zero-order valence-corrected chi connectivity index (χ0v) is 24.8. The Labute approximate surface area is 212 Å². The summed E-state index contributed by atoms with van der Waals surface area (Å²) < 4.78 is 12.2. The molecule has 1 rings (SSSR count). The normalized spacial score (nSPS) is 12.3. The second-order valence-corrected chi connectivity index (χ2v) is 16.5. The van der Waals surface area contributed by atoms with Crippen molar-refractivity contribution in [2.45, 2.75) is 162 Å². The van der Waals surface area contributed by atoms with E-state index in [1.54, 1.807) is 0 Å². The van der Waals surface area contributed by atoms with E-state index in [0.29, 0.717) is 12.0 Å². The van der Waals surface area contributed by atoms with Gasteiger partial charge in [0.1, 0.15) is 11.5 Å². The zero-order chi connectivity index (χ0) is 25.5. The van der Waals surface area contributed by atoms with Gasteiger partial charge in [-0.3, -0.25) is 0 Å². The summed E-state index contributed by atoms with van der Waals surface area (Å²) in [6.07, 6.45) is 21.8. The molecule has 1 aromatic heterocycles. The summed E-state index contributed by atoms with van der Waals surface area (Å²) in [5.41, 5.74) is 0.472. The number of hydrogen-bond donors (Lipinski definition) is 0. The molecule has 0 spiro atoms.